The minimum atomic E-state index is 0.105. The summed E-state index contributed by atoms with van der Waals surface area (Å²) >= 11 is 0. The maximum absolute atomic E-state index is 14.5. The molecule has 3 heterocycles. The van der Waals surface area contributed by atoms with Gasteiger partial charge in [-0.3, -0.25) is 4.79 Å². The first-order valence-corrected chi connectivity index (χ1v) is 15.3. The van der Waals surface area contributed by atoms with Gasteiger partial charge in [-0.05, 0) is 99.6 Å². The van der Waals surface area contributed by atoms with Crippen LogP contribution in [0.4, 0.5) is 5.82 Å². The summed E-state index contributed by atoms with van der Waals surface area (Å²) in [5.41, 5.74) is 6.67. The normalized spacial score (nSPS) is 17.1. The number of benzene rings is 3. The second-order valence-corrected chi connectivity index (χ2v) is 11.8. The second kappa shape index (κ2) is 12.3. The fourth-order valence-electron chi connectivity index (χ4n) is 6.45. The Bertz CT molecular complexity index is 1600. The predicted octanol–water partition coefficient (Wildman–Crippen LogP) is 6.81. The van der Waals surface area contributed by atoms with Crippen LogP contribution in [0.3, 0.4) is 0 Å². The van der Waals surface area contributed by atoms with E-state index in [1.165, 1.54) is 24.0 Å². The van der Waals surface area contributed by atoms with Gasteiger partial charge < -0.3 is 14.7 Å². The van der Waals surface area contributed by atoms with Gasteiger partial charge in [-0.25, -0.2) is 4.98 Å². The van der Waals surface area contributed by atoms with Crippen LogP contribution in [0, 0.1) is 18.3 Å². The summed E-state index contributed by atoms with van der Waals surface area (Å²) in [6.45, 7) is 9.80. The summed E-state index contributed by atoms with van der Waals surface area (Å²) in [5, 5.41) is 10.1. The molecule has 0 spiro atoms. The summed E-state index contributed by atoms with van der Waals surface area (Å²) < 4.78 is 0. The van der Waals surface area contributed by atoms with Gasteiger partial charge in [0.2, 0.25) is 0 Å². The average Bonchev–Trinajstić information content (AvgIpc) is 3.72. The van der Waals surface area contributed by atoms with Crippen molar-refractivity contribution in [2.45, 2.75) is 52.1 Å². The van der Waals surface area contributed by atoms with Crippen LogP contribution in [0.2, 0.25) is 0 Å². The van der Waals surface area contributed by atoms with Crippen LogP contribution in [0.1, 0.15) is 59.7 Å². The Morgan fingerprint density at radius 1 is 0.952 bits per heavy atom. The minimum absolute atomic E-state index is 0.105. The lowest BCUT2D eigenvalue weighted by molar-refractivity contribution is 0.0710. The average molecular weight is 558 g/mol. The third-order valence-corrected chi connectivity index (χ3v) is 8.88. The number of carbonyl (C=O) groups is 1. The Hall–Kier alpha value is -4.21. The highest BCUT2D eigenvalue weighted by Crippen LogP contribution is 2.32. The van der Waals surface area contributed by atoms with Crippen molar-refractivity contribution in [1.29, 1.82) is 5.26 Å². The first-order chi connectivity index (χ1) is 20.5. The molecule has 1 aromatic heterocycles. The maximum Gasteiger partial charge on any atom is 0.254 e. The molecule has 3 aromatic carbocycles. The van der Waals surface area contributed by atoms with Gasteiger partial charge >= 0.3 is 0 Å². The molecule has 42 heavy (non-hydrogen) atoms. The summed E-state index contributed by atoms with van der Waals surface area (Å²) in [4.78, 5) is 26.5. The minimum Gasteiger partial charge on any atom is -0.353 e. The number of anilines is 1. The number of aryl methyl sites for hydroxylation is 1. The molecule has 2 aliphatic rings. The van der Waals surface area contributed by atoms with E-state index in [1.807, 2.05) is 36.4 Å². The van der Waals surface area contributed by atoms with Crippen molar-refractivity contribution in [1.82, 2.24) is 14.8 Å². The van der Waals surface area contributed by atoms with Gasteiger partial charge in [0.25, 0.3) is 5.91 Å². The zero-order valence-corrected chi connectivity index (χ0v) is 24.7. The maximum atomic E-state index is 14.5. The van der Waals surface area contributed by atoms with Crippen molar-refractivity contribution in [2.75, 3.05) is 37.6 Å². The van der Waals surface area contributed by atoms with Gasteiger partial charge in [0.05, 0.1) is 22.7 Å². The highest BCUT2D eigenvalue weighted by molar-refractivity contribution is 6.08. The SMILES string of the molecule is CCN(Cc1ccc(C)cc1)c1cc(C(=O)N2CCC[C@H]2CN2CCCC2)c2cc(-c3ccc(C#N)cc3)ccc2n1. The number of carbonyl (C=O) groups excluding carboxylic acids is 1. The summed E-state index contributed by atoms with van der Waals surface area (Å²) in [7, 11) is 0. The number of likely N-dealkylation sites (tertiary alicyclic amines) is 2. The molecule has 1 amide bonds. The Morgan fingerprint density at radius 2 is 1.69 bits per heavy atom. The molecule has 2 aliphatic heterocycles. The van der Waals surface area contributed by atoms with Gasteiger partial charge in [-0.1, -0.05) is 48.0 Å². The Kier molecular flexibility index (Phi) is 8.21. The van der Waals surface area contributed by atoms with Crippen LogP contribution in [0.25, 0.3) is 22.0 Å². The van der Waals surface area contributed by atoms with Crippen molar-refractivity contribution in [2.24, 2.45) is 0 Å². The standard InChI is InChI=1S/C36H39N5O/c1-3-40(24-28-10-8-26(2)9-11-28)35-22-33(36(42)41-20-6-7-31(41)25-39-18-4-5-19-39)32-21-30(16-17-34(32)38-35)29-14-12-27(23-37)13-15-29/h8-17,21-22,31H,3-7,18-20,24-25H2,1-2H3/t31-/m0/s1. The molecule has 0 unspecified atom stereocenters. The van der Waals surface area contributed by atoms with E-state index in [2.05, 4.69) is 71.0 Å². The van der Waals surface area contributed by atoms with Crippen LogP contribution in [-0.4, -0.2) is 59.5 Å². The molecule has 2 fully saturated rings. The van der Waals surface area contributed by atoms with Crippen molar-refractivity contribution in [3.05, 3.63) is 95.1 Å². The van der Waals surface area contributed by atoms with Gasteiger partial charge in [0, 0.05) is 37.6 Å². The van der Waals surface area contributed by atoms with E-state index in [0.717, 1.165) is 85.5 Å². The van der Waals surface area contributed by atoms with Gasteiger partial charge in [0.1, 0.15) is 5.82 Å². The first-order valence-electron chi connectivity index (χ1n) is 15.3. The number of pyridine rings is 1. The second-order valence-electron chi connectivity index (χ2n) is 11.8. The molecule has 1 atom stereocenters. The third kappa shape index (κ3) is 5.89. The molecule has 6 heteroatoms. The lowest BCUT2D eigenvalue weighted by Gasteiger charge is -2.29. The van der Waals surface area contributed by atoms with Crippen LogP contribution >= 0.6 is 0 Å². The molecule has 4 aromatic rings. The first kappa shape index (κ1) is 27.9. The number of fused-ring (bicyclic) bond motifs is 1. The van der Waals surface area contributed by atoms with Gasteiger partial charge in [-0.15, -0.1) is 0 Å². The molecule has 0 bridgehead atoms. The smallest absolute Gasteiger partial charge is 0.254 e. The van der Waals surface area contributed by atoms with Gasteiger partial charge in [0.15, 0.2) is 0 Å². The molecule has 0 aliphatic carbocycles. The number of nitriles is 1. The Morgan fingerprint density at radius 3 is 2.40 bits per heavy atom. The van der Waals surface area contributed by atoms with Crippen LogP contribution in [-0.2, 0) is 6.54 Å². The lowest BCUT2D eigenvalue weighted by atomic mass is 9.99. The number of rotatable bonds is 8. The fraction of sp³-hybridized carbons (Fsp3) is 0.361. The van der Waals surface area contributed by atoms with Crippen molar-refractivity contribution >= 4 is 22.6 Å². The zero-order chi connectivity index (χ0) is 29.1. The van der Waals surface area contributed by atoms with E-state index in [-0.39, 0.29) is 11.9 Å². The molecule has 0 saturated carbocycles. The quantitative estimate of drug-likeness (QED) is 0.238. The molecular formula is C36H39N5O. The van der Waals surface area contributed by atoms with E-state index in [9.17, 15) is 10.1 Å². The molecular weight excluding hydrogens is 518 g/mol. The zero-order valence-electron chi connectivity index (χ0n) is 24.7. The number of hydrogen-bond donors (Lipinski definition) is 0. The molecule has 6 nitrogen and oxygen atoms in total. The number of aromatic nitrogens is 1. The van der Waals surface area contributed by atoms with E-state index >= 15 is 0 Å². The highest BCUT2D eigenvalue weighted by atomic mass is 16.2. The van der Waals surface area contributed by atoms with Gasteiger partial charge in [-0.2, -0.15) is 5.26 Å². The van der Waals surface area contributed by atoms with E-state index < -0.39 is 0 Å². The Balaban J connectivity index is 1.40. The topological polar surface area (TPSA) is 63.5 Å². The number of amides is 1. The van der Waals surface area contributed by atoms with Crippen LogP contribution in [0.15, 0.2) is 72.8 Å². The monoisotopic (exact) mass is 557 g/mol. The molecule has 2 saturated heterocycles. The van der Waals surface area contributed by atoms with Crippen LogP contribution < -0.4 is 4.90 Å². The van der Waals surface area contributed by atoms with Crippen molar-refractivity contribution < 1.29 is 4.79 Å². The Labute approximate surface area is 249 Å². The van der Waals surface area contributed by atoms with Crippen molar-refractivity contribution in [3.8, 4) is 17.2 Å². The van der Waals surface area contributed by atoms with Crippen LogP contribution in [0.5, 0.6) is 0 Å². The predicted molar refractivity (Wildman–Crippen MR) is 170 cm³/mol. The molecule has 0 N–H and O–H groups in total. The van der Waals surface area contributed by atoms with Crippen molar-refractivity contribution in [3.63, 3.8) is 0 Å². The summed E-state index contributed by atoms with van der Waals surface area (Å²) in [6.07, 6.45) is 4.62. The molecule has 0 radical (unpaired) electrons. The third-order valence-electron chi connectivity index (χ3n) is 8.88. The number of nitrogens with zero attached hydrogens (tertiary/aromatic N) is 5. The largest absolute Gasteiger partial charge is 0.353 e. The summed E-state index contributed by atoms with van der Waals surface area (Å²) in [6, 6.07) is 26.9. The van der Waals surface area contributed by atoms with E-state index in [1.54, 1.807) is 0 Å². The fourth-order valence-corrected chi connectivity index (χ4v) is 6.45. The summed E-state index contributed by atoms with van der Waals surface area (Å²) in [5.74, 6) is 0.934. The van der Waals surface area contributed by atoms with E-state index in [4.69, 9.17) is 4.98 Å². The molecule has 214 valence electrons. The van der Waals surface area contributed by atoms with E-state index in [0.29, 0.717) is 5.56 Å². The number of hydrogen-bond acceptors (Lipinski definition) is 5. The lowest BCUT2D eigenvalue weighted by Crippen LogP contribution is -2.42. The highest BCUT2D eigenvalue weighted by Gasteiger charge is 2.32. The molecule has 6 rings (SSSR count).